The Morgan fingerprint density at radius 2 is 2.09 bits per heavy atom. The molecule has 15 heteroatoms. The van der Waals surface area contributed by atoms with Crippen molar-refractivity contribution in [2.75, 3.05) is 12.4 Å². The average molecular weight is 475 g/mol. The molecule has 0 spiro atoms. The molecule has 2 unspecified atom stereocenters. The molecule has 0 aliphatic carbocycles. The first-order valence-electron chi connectivity index (χ1n) is 9.09. The molecule has 1 N–H and O–H groups in total. The number of aryl methyl sites for hydroxylation is 2. The second-order valence-electron chi connectivity index (χ2n) is 6.84. The standard InChI is InChI=1S/C17H19N5O8S.Na/c1-8-11(22(28)29)5-20(19-8)4-3-12(24)18-13-15(25)21-14(17(26)27)10(6-30-9(2)23)7-31-16(13)21;/h5,13,16H,3-4,6-7H2,1-2H3,(H,18,24)(H,26,27);/q;+1/p-1. The fourth-order valence-corrected chi connectivity index (χ4v) is 4.56. The Hall–Kier alpha value is -2.42. The van der Waals surface area contributed by atoms with Crippen LogP contribution in [0.3, 0.4) is 0 Å². The van der Waals surface area contributed by atoms with Gasteiger partial charge in [0.25, 0.3) is 5.91 Å². The summed E-state index contributed by atoms with van der Waals surface area (Å²) in [5.74, 6) is -3.07. The maximum atomic E-state index is 12.5. The number of aliphatic carboxylic acids is 1. The van der Waals surface area contributed by atoms with Gasteiger partial charge in [0, 0.05) is 31.2 Å². The van der Waals surface area contributed by atoms with E-state index in [9.17, 15) is 34.4 Å². The number of nitrogens with zero attached hydrogens (tertiary/aromatic N) is 4. The molecule has 1 aromatic rings. The molecule has 1 saturated heterocycles. The van der Waals surface area contributed by atoms with Crippen LogP contribution in [0.25, 0.3) is 0 Å². The molecule has 2 aliphatic rings. The molecule has 2 aliphatic heterocycles. The summed E-state index contributed by atoms with van der Waals surface area (Å²) in [6, 6.07) is -0.921. The van der Waals surface area contributed by atoms with Gasteiger partial charge in [0.05, 0.1) is 16.6 Å². The minimum absolute atomic E-state index is 0. The minimum atomic E-state index is -1.57. The van der Waals surface area contributed by atoms with Crippen LogP contribution >= 0.6 is 11.8 Å². The Balaban J connectivity index is 0.00000363. The fraction of sp³-hybridized carbons (Fsp3) is 0.471. The number of esters is 1. The number of hydrogen-bond acceptors (Lipinski definition) is 10. The van der Waals surface area contributed by atoms with E-state index in [1.807, 2.05) is 0 Å². The van der Waals surface area contributed by atoms with Gasteiger partial charge >= 0.3 is 41.2 Å². The summed E-state index contributed by atoms with van der Waals surface area (Å²) in [5.41, 5.74) is -0.0417. The smallest absolute Gasteiger partial charge is 0.543 e. The van der Waals surface area contributed by atoms with E-state index in [4.69, 9.17) is 4.74 Å². The molecule has 0 aromatic carbocycles. The van der Waals surface area contributed by atoms with E-state index >= 15 is 0 Å². The van der Waals surface area contributed by atoms with Crippen molar-refractivity contribution in [1.82, 2.24) is 20.0 Å². The van der Waals surface area contributed by atoms with Crippen molar-refractivity contribution >= 4 is 41.2 Å². The maximum absolute atomic E-state index is 12.5. The molecule has 3 rings (SSSR count). The molecule has 3 heterocycles. The SMILES string of the molecule is CC(=O)OCC1=C(C(=O)[O-])N2C(=O)C(NC(=O)CCn3cc([N+](=O)[O-])c(C)n3)C2SC1.[Na+]. The van der Waals surface area contributed by atoms with Gasteiger partial charge in [-0.1, -0.05) is 0 Å². The van der Waals surface area contributed by atoms with Crippen LogP contribution in [-0.2, 0) is 30.5 Å². The summed E-state index contributed by atoms with van der Waals surface area (Å²) in [4.78, 5) is 58.6. The number of rotatable bonds is 8. The Morgan fingerprint density at radius 1 is 1.41 bits per heavy atom. The van der Waals surface area contributed by atoms with Crippen LogP contribution in [0.15, 0.2) is 17.5 Å². The van der Waals surface area contributed by atoms with Crippen LogP contribution in [-0.4, -0.2) is 67.1 Å². The Labute approximate surface area is 207 Å². The Bertz CT molecular complexity index is 1010. The third kappa shape index (κ3) is 5.31. The molecule has 32 heavy (non-hydrogen) atoms. The zero-order valence-electron chi connectivity index (χ0n) is 17.5. The van der Waals surface area contributed by atoms with Crippen LogP contribution in [0.4, 0.5) is 5.69 Å². The van der Waals surface area contributed by atoms with Gasteiger partial charge in [-0.15, -0.1) is 11.8 Å². The first-order chi connectivity index (χ1) is 14.6. The maximum Gasteiger partial charge on any atom is 1.00 e. The third-order valence-electron chi connectivity index (χ3n) is 4.69. The number of hydrogen-bond donors (Lipinski definition) is 1. The first-order valence-corrected chi connectivity index (χ1v) is 10.1. The molecule has 13 nitrogen and oxygen atoms in total. The molecule has 0 bridgehead atoms. The second-order valence-corrected chi connectivity index (χ2v) is 7.95. The predicted octanol–water partition coefficient (Wildman–Crippen LogP) is -4.54. The number of aromatic nitrogens is 2. The van der Waals surface area contributed by atoms with Gasteiger partial charge in [-0.25, -0.2) is 0 Å². The Kier molecular flexibility index (Phi) is 8.45. The number of thioether (sulfide) groups is 1. The van der Waals surface area contributed by atoms with Gasteiger partial charge in [-0.05, 0) is 6.92 Å². The molecular formula is C17H18N5NaO8S. The second kappa shape index (κ2) is 10.5. The van der Waals surface area contributed by atoms with Crippen LogP contribution in [0.1, 0.15) is 19.0 Å². The zero-order valence-corrected chi connectivity index (χ0v) is 20.3. The summed E-state index contributed by atoms with van der Waals surface area (Å²) in [6.45, 7) is 2.46. The van der Waals surface area contributed by atoms with Crippen molar-refractivity contribution in [3.05, 3.63) is 33.3 Å². The minimum Gasteiger partial charge on any atom is -0.543 e. The Morgan fingerprint density at radius 3 is 2.66 bits per heavy atom. The number of carboxylic acids is 1. The summed E-state index contributed by atoms with van der Waals surface area (Å²) in [7, 11) is 0. The van der Waals surface area contributed by atoms with Gasteiger partial charge in [0.1, 0.15) is 29.9 Å². The normalized spacial score (nSPS) is 19.4. The number of β-lactam (4-membered cyclic amide) rings is 1. The van der Waals surface area contributed by atoms with Crippen molar-refractivity contribution < 1.29 is 63.5 Å². The van der Waals surface area contributed by atoms with E-state index in [1.54, 1.807) is 0 Å². The van der Waals surface area contributed by atoms with E-state index in [0.29, 0.717) is 0 Å². The molecular weight excluding hydrogens is 457 g/mol. The number of carbonyl (C=O) groups is 4. The quantitative estimate of drug-likeness (QED) is 0.127. The van der Waals surface area contributed by atoms with E-state index in [2.05, 4.69) is 10.4 Å². The van der Waals surface area contributed by atoms with E-state index in [1.165, 1.54) is 36.5 Å². The van der Waals surface area contributed by atoms with Crippen molar-refractivity contribution in [3.63, 3.8) is 0 Å². The zero-order chi connectivity index (χ0) is 22.9. The number of amides is 2. The molecule has 1 fully saturated rings. The van der Waals surface area contributed by atoms with Crippen molar-refractivity contribution in [3.8, 4) is 0 Å². The van der Waals surface area contributed by atoms with E-state index in [0.717, 1.165) is 4.90 Å². The number of carbonyl (C=O) groups excluding carboxylic acids is 4. The van der Waals surface area contributed by atoms with Crippen LogP contribution in [0.5, 0.6) is 0 Å². The van der Waals surface area contributed by atoms with Crippen molar-refractivity contribution in [2.24, 2.45) is 0 Å². The van der Waals surface area contributed by atoms with Gasteiger partial charge in [0.15, 0.2) is 0 Å². The third-order valence-corrected chi connectivity index (χ3v) is 6.03. The molecule has 0 radical (unpaired) electrons. The van der Waals surface area contributed by atoms with Crippen LogP contribution in [0.2, 0.25) is 0 Å². The monoisotopic (exact) mass is 475 g/mol. The van der Waals surface area contributed by atoms with Gasteiger partial charge in [-0.2, -0.15) is 5.10 Å². The molecule has 2 atom stereocenters. The number of carboxylic acid groups (broad SMARTS) is 1. The van der Waals surface area contributed by atoms with Gasteiger partial charge in [0.2, 0.25) is 5.91 Å². The number of nitrogens with one attached hydrogen (secondary N) is 1. The largest absolute Gasteiger partial charge is 1.00 e. The van der Waals surface area contributed by atoms with Crippen LogP contribution < -0.4 is 40.0 Å². The van der Waals surface area contributed by atoms with Crippen molar-refractivity contribution in [2.45, 2.75) is 38.2 Å². The van der Waals surface area contributed by atoms with E-state index in [-0.39, 0.29) is 77.5 Å². The van der Waals surface area contributed by atoms with Gasteiger partial charge in [-0.3, -0.25) is 34.1 Å². The summed E-state index contributed by atoms with van der Waals surface area (Å²) in [5, 5.41) is 28.3. The molecule has 2 amide bonds. The summed E-state index contributed by atoms with van der Waals surface area (Å²) < 4.78 is 6.11. The number of ether oxygens (including phenoxy) is 1. The van der Waals surface area contributed by atoms with E-state index < -0.39 is 40.1 Å². The molecule has 166 valence electrons. The predicted molar refractivity (Wildman–Crippen MR) is 102 cm³/mol. The van der Waals surface area contributed by atoms with Crippen molar-refractivity contribution in [1.29, 1.82) is 0 Å². The number of nitro groups is 1. The fourth-order valence-electron chi connectivity index (χ4n) is 3.23. The summed E-state index contributed by atoms with van der Waals surface area (Å²) in [6.07, 6.45) is 1.14. The van der Waals surface area contributed by atoms with Gasteiger partial charge < -0.3 is 20.0 Å². The molecule has 1 aromatic heterocycles. The average Bonchev–Trinajstić information content (AvgIpc) is 3.08. The number of fused-ring (bicyclic) bond motifs is 1. The topological polar surface area (TPSA) is 177 Å². The summed E-state index contributed by atoms with van der Waals surface area (Å²) >= 11 is 1.23. The van der Waals surface area contributed by atoms with Crippen LogP contribution in [0, 0.1) is 17.0 Å². The first kappa shape index (κ1) is 25.8. The molecule has 0 saturated carbocycles.